The molecule has 106 valence electrons. The monoisotopic (exact) mass is 267 g/mol. The molecule has 1 heterocycles. The van der Waals surface area contributed by atoms with Crippen LogP contribution in [-0.4, -0.2) is 34.7 Å². The lowest BCUT2D eigenvalue weighted by molar-refractivity contribution is -0.126. The molecule has 4 N–H and O–H groups in total. The van der Waals surface area contributed by atoms with Crippen LogP contribution in [-0.2, 0) is 16.6 Å². The van der Waals surface area contributed by atoms with Crippen LogP contribution in [0, 0.1) is 5.92 Å². The largest absolute Gasteiger partial charge is 0.354 e. The fourth-order valence-electron chi connectivity index (χ4n) is 1.41. The Bertz CT molecular complexity index is 441. The maximum atomic E-state index is 11.7. The molecule has 0 aliphatic carbocycles. The van der Waals surface area contributed by atoms with Crippen LogP contribution >= 0.6 is 0 Å². The van der Waals surface area contributed by atoms with Crippen LogP contribution in [0.2, 0.25) is 0 Å². The SMILES string of the molecule is CC(C)CNC(=O)CNC(=O)C(N)c1cnn(C)c1. The average molecular weight is 267 g/mol. The lowest BCUT2D eigenvalue weighted by Crippen LogP contribution is -2.41. The Kier molecular flexibility index (Phi) is 5.50. The van der Waals surface area contributed by atoms with Crippen molar-refractivity contribution in [2.75, 3.05) is 13.1 Å². The van der Waals surface area contributed by atoms with Crippen molar-refractivity contribution in [1.29, 1.82) is 0 Å². The fourth-order valence-corrected chi connectivity index (χ4v) is 1.41. The molecule has 7 heteroatoms. The number of nitrogens with zero attached hydrogens (tertiary/aromatic N) is 2. The van der Waals surface area contributed by atoms with Gasteiger partial charge >= 0.3 is 0 Å². The first-order chi connectivity index (χ1) is 8.90. The summed E-state index contributed by atoms with van der Waals surface area (Å²) in [6.45, 7) is 4.51. The molecule has 1 aromatic heterocycles. The Morgan fingerprint density at radius 3 is 2.63 bits per heavy atom. The maximum absolute atomic E-state index is 11.7. The molecule has 0 radical (unpaired) electrons. The first-order valence-electron chi connectivity index (χ1n) is 6.18. The van der Waals surface area contributed by atoms with Gasteiger partial charge in [-0.25, -0.2) is 0 Å². The summed E-state index contributed by atoms with van der Waals surface area (Å²) in [6, 6.07) is -0.813. The molecule has 0 aliphatic heterocycles. The Labute approximate surface area is 112 Å². The van der Waals surface area contributed by atoms with Gasteiger partial charge in [0, 0.05) is 25.4 Å². The zero-order valence-electron chi connectivity index (χ0n) is 11.5. The highest BCUT2D eigenvalue weighted by Crippen LogP contribution is 2.07. The maximum Gasteiger partial charge on any atom is 0.242 e. The number of hydrogen-bond donors (Lipinski definition) is 3. The van der Waals surface area contributed by atoms with E-state index in [9.17, 15) is 9.59 Å². The van der Waals surface area contributed by atoms with Crippen LogP contribution in [0.4, 0.5) is 0 Å². The number of amides is 2. The van der Waals surface area contributed by atoms with Gasteiger partial charge in [0.05, 0.1) is 12.7 Å². The molecule has 2 amide bonds. The van der Waals surface area contributed by atoms with Crippen LogP contribution in [0.3, 0.4) is 0 Å². The van der Waals surface area contributed by atoms with Gasteiger partial charge in [-0.05, 0) is 5.92 Å². The second-order valence-electron chi connectivity index (χ2n) is 4.84. The van der Waals surface area contributed by atoms with E-state index in [0.717, 1.165) is 0 Å². The minimum Gasteiger partial charge on any atom is -0.354 e. The molecule has 0 bridgehead atoms. The smallest absolute Gasteiger partial charge is 0.242 e. The van der Waals surface area contributed by atoms with Crippen LogP contribution < -0.4 is 16.4 Å². The number of nitrogens with one attached hydrogen (secondary N) is 2. The molecular weight excluding hydrogens is 246 g/mol. The van der Waals surface area contributed by atoms with E-state index in [1.54, 1.807) is 17.9 Å². The topological polar surface area (TPSA) is 102 Å². The number of aromatic nitrogens is 2. The standard InChI is InChI=1S/C12H21N5O2/c1-8(2)4-14-10(18)6-15-12(19)11(13)9-5-16-17(3)7-9/h5,7-8,11H,4,6,13H2,1-3H3,(H,14,18)(H,15,19). The molecule has 0 saturated carbocycles. The Balaban J connectivity index is 2.37. The van der Waals surface area contributed by atoms with E-state index in [-0.39, 0.29) is 12.5 Å². The first kappa shape index (κ1) is 15.2. The molecule has 0 aromatic carbocycles. The summed E-state index contributed by atoms with van der Waals surface area (Å²) < 4.78 is 1.57. The van der Waals surface area contributed by atoms with Crippen LogP contribution in [0.5, 0.6) is 0 Å². The van der Waals surface area contributed by atoms with E-state index in [1.165, 1.54) is 6.20 Å². The number of hydrogen-bond acceptors (Lipinski definition) is 4. The summed E-state index contributed by atoms with van der Waals surface area (Å²) in [7, 11) is 1.74. The van der Waals surface area contributed by atoms with Crippen molar-refractivity contribution in [1.82, 2.24) is 20.4 Å². The molecular formula is C12H21N5O2. The number of nitrogens with two attached hydrogens (primary N) is 1. The second-order valence-corrected chi connectivity index (χ2v) is 4.84. The number of carbonyl (C=O) groups is 2. The van der Waals surface area contributed by atoms with Gasteiger partial charge in [-0.1, -0.05) is 13.8 Å². The summed E-state index contributed by atoms with van der Waals surface area (Å²) >= 11 is 0. The van der Waals surface area contributed by atoms with Gasteiger partial charge < -0.3 is 16.4 Å². The molecule has 0 aliphatic rings. The summed E-state index contributed by atoms with van der Waals surface area (Å²) in [5, 5.41) is 9.15. The van der Waals surface area contributed by atoms with Gasteiger partial charge in [-0.2, -0.15) is 5.10 Å². The van der Waals surface area contributed by atoms with Crippen molar-refractivity contribution in [3.05, 3.63) is 18.0 Å². The van der Waals surface area contributed by atoms with Crippen LogP contribution in [0.1, 0.15) is 25.5 Å². The highest BCUT2D eigenvalue weighted by molar-refractivity contribution is 5.87. The predicted octanol–water partition coefficient (Wildman–Crippen LogP) is -0.692. The molecule has 1 unspecified atom stereocenters. The van der Waals surface area contributed by atoms with Gasteiger partial charge in [-0.3, -0.25) is 14.3 Å². The lowest BCUT2D eigenvalue weighted by Gasteiger charge is -2.11. The van der Waals surface area contributed by atoms with Crippen molar-refractivity contribution in [2.24, 2.45) is 18.7 Å². The lowest BCUT2D eigenvalue weighted by atomic mass is 10.1. The van der Waals surface area contributed by atoms with E-state index in [1.807, 2.05) is 13.8 Å². The highest BCUT2D eigenvalue weighted by Gasteiger charge is 2.17. The van der Waals surface area contributed by atoms with E-state index >= 15 is 0 Å². The molecule has 0 fully saturated rings. The summed E-state index contributed by atoms with van der Waals surface area (Å²) in [6.07, 6.45) is 3.20. The third kappa shape index (κ3) is 5.09. The molecule has 7 nitrogen and oxygen atoms in total. The Morgan fingerprint density at radius 2 is 2.11 bits per heavy atom. The van der Waals surface area contributed by atoms with Gasteiger partial charge in [0.25, 0.3) is 0 Å². The van der Waals surface area contributed by atoms with Gasteiger partial charge in [0.1, 0.15) is 6.04 Å². The molecule has 1 atom stereocenters. The zero-order chi connectivity index (χ0) is 14.4. The summed E-state index contributed by atoms with van der Waals surface area (Å²) in [5.41, 5.74) is 6.38. The van der Waals surface area contributed by atoms with E-state index in [4.69, 9.17) is 5.73 Å². The van der Waals surface area contributed by atoms with Crippen molar-refractivity contribution in [3.63, 3.8) is 0 Å². The van der Waals surface area contributed by atoms with Gasteiger partial charge in [0.15, 0.2) is 0 Å². The minimum atomic E-state index is -0.813. The predicted molar refractivity (Wildman–Crippen MR) is 71.0 cm³/mol. The first-order valence-corrected chi connectivity index (χ1v) is 6.18. The summed E-state index contributed by atoms with van der Waals surface area (Å²) in [4.78, 5) is 23.2. The molecule has 1 rings (SSSR count). The number of carbonyl (C=O) groups excluding carboxylic acids is 2. The number of rotatable bonds is 6. The summed E-state index contributed by atoms with van der Waals surface area (Å²) in [5.74, 6) is -0.245. The molecule has 0 spiro atoms. The van der Waals surface area contributed by atoms with Gasteiger partial charge in [0.2, 0.25) is 11.8 Å². The van der Waals surface area contributed by atoms with E-state index in [2.05, 4.69) is 15.7 Å². The van der Waals surface area contributed by atoms with Crippen LogP contribution in [0.25, 0.3) is 0 Å². The molecule has 1 aromatic rings. The van der Waals surface area contributed by atoms with Crippen molar-refractivity contribution in [2.45, 2.75) is 19.9 Å². The fraction of sp³-hybridized carbons (Fsp3) is 0.583. The van der Waals surface area contributed by atoms with Gasteiger partial charge in [-0.15, -0.1) is 0 Å². The highest BCUT2D eigenvalue weighted by atomic mass is 16.2. The zero-order valence-corrected chi connectivity index (χ0v) is 11.5. The van der Waals surface area contributed by atoms with Crippen molar-refractivity contribution in [3.8, 4) is 0 Å². The normalized spacial score (nSPS) is 12.3. The quantitative estimate of drug-likeness (QED) is 0.634. The Morgan fingerprint density at radius 1 is 1.42 bits per heavy atom. The van der Waals surface area contributed by atoms with Crippen molar-refractivity contribution < 1.29 is 9.59 Å². The van der Waals surface area contributed by atoms with Crippen LogP contribution in [0.15, 0.2) is 12.4 Å². The average Bonchev–Trinajstić information content (AvgIpc) is 2.79. The number of aryl methyl sites for hydroxylation is 1. The third-order valence-corrected chi connectivity index (χ3v) is 2.50. The van der Waals surface area contributed by atoms with E-state index < -0.39 is 11.9 Å². The third-order valence-electron chi connectivity index (χ3n) is 2.50. The molecule has 19 heavy (non-hydrogen) atoms. The van der Waals surface area contributed by atoms with Crippen molar-refractivity contribution >= 4 is 11.8 Å². The minimum absolute atomic E-state index is 0.0699. The Hall–Kier alpha value is -1.89. The van der Waals surface area contributed by atoms with E-state index in [0.29, 0.717) is 18.0 Å². The second kappa shape index (κ2) is 6.89. The molecule has 0 saturated heterocycles.